The van der Waals surface area contributed by atoms with Gasteiger partial charge in [-0.3, -0.25) is 4.79 Å². The summed E-state index contributed by atoms with van der Waals surface area (Å²) >= 11 is 0. The summed E-state index contributed by atoms with van der Waals surface area (Å²) < 4.78 is 24.4. The van der Waals surface area contributed by atoms with Crippen LogP contribution in [-0.2, 0) is 0 Å². The van der Waals surface area contributed by atoms with Gasteiger partial charge >= 0.3 is 5.97 Å². The maximum Gasteiger partial charge on any atom is 0.343 e. The summed E-state index contributed by atoms with van der Waals surface area (Å²) in [6, 6.07) is 16.1. The fraction of sp³-hybridized carbons (Fsp3) is 0.0833. The molecule has 1 aliphatic rings. The second-order valence-electron chi connectivity index (χ2n) is 6.76. The number of fused-ring (bicyclic) bond motifs is 1. The second-order valence-corrected chi connectivity index (χ2v) is 6.76. The molecule has 3 aromatic carbocycles. The van der Waals surface area contributed by atoms with Crippen molar-refractivity contribution >= 4 is 17.8 Å². The monoisotopic (exact) mass is 388 g/mol. The Morgan fingerprint density at radius 2 is 1.72 bits per heavy atom. The Morgan fingerprint density at radius 3 is 2.45 bits per heavy atom. The van der Waals surface area contributed by atoms with Gasteiger partial charge in [0.25, 0.3) is 0 Å². The zero-order valence-corrected chi connectivity index (χ0v) is 15.9. The van der Waals surface area contributed by atoms with E-state index in [1.807, 2.05) is 19.1 Å². The van der Waals surface area contributed by atoms with Crippen LogP contribution in [0.25, 0.3) is 6.08 Å². The van der Waals surface area contributed by atoms with Gasteiger partial charge in [-0.15, -0.1) is 0 Å². The Morgan fingerprint density at radius 1 is 1.00 bits per heavy atom. The second kappa shape index (κ2) is 7.36. The van der Waals surface area contributed by atoms with Crippen LogP contribution in [0.1, 0.15) is 37.4 Å². The topological polar surface area (TPSA) is 52.6 Å². The number of halogens is 1. The molecule has 4 nitrogen and oxygen atoms in total. The zero-order chi connectivity index (χ0) is 20.5. The standard InChI is InChI=1S/C24H17FO4/c1-14-5-3-4-6-18(14)24(27)29-20-12-11-19-22(26)21(28-23(19)15(20)2)13-16-7-9-17(25)10-8-16/h3-13H,1-2H3/b21-13-. The number of hydrogen-bond donors (Lipinski definition) is 0. The molecule has 3 aromatic rings. The molecule has 0 saturated carbocycles. The van der Waals surface area contributed by atoms with E-state index in [-0.39, 0.29) is 17.4 Å². The fourth-order valence-electron chi connectivity index (χ4n) is 3.15. The maximum atomic E-state index is 13.1. The maximum absolute atomic E-state index is 13.1. The van der Waals surface area contributed by atoms with Crippen LogP contribution in [-0.4, -0.2) is 11.8 Å². The first-order valence-corrected chi connectivity index (χ1v) is 9.05. The largest absolute Gasteiger partial charge is 0.452 e. The number of esters is 1. The Labute approximate surface area is 167 Å². The quantitative estimate of drug-likeness (QED) is 0.348. The van der Waals surface area contributed by atoms with E-state index in [2.05, 4.69) is 0 Å². The van der Waals surface area contributed by atoms with E-state index < -0.39 is 5.97 Å². The van der Waals surface area contributed by atoms with Crippen molar-refractivity contribution in [2.45, 2.75) is 13.8 Å². The minimum atomic E-state index is -0.474. The van der Waals surface area contributed by atoms with Crippen LogP contribution >= 0.6 is 0 Å². The van der Waals surface area contributed by atoms with Gasteiger partial charge in [0.2, 0.25) is 5.78 Å². The number of aryl methyl sites for hydroxylation is 1. The summed E-state index contributed by atoms with van der Waals surface area (Å²) in [7, 11) is 0. The first-order valence-electron chi connectivity index (χ1n) is 9.05. The number of ether oxygens (including phenoxy) is 2. The number of allylic oxidation sites excluding steroid dienone is 1. The lowest BCUT2D eigenvalue weighted by Gasteiger charge is -2.11. The average Bonchev–Trinajstić information content (AvgIpc) is 3.02. The van der Waals surface area contributed by atoms with Gasteiger partial charge in [-0.2, -0.15) is 0 Å². The van der Waals surface area contributed by atoms with Gasteiger partial charge in [-0.25, -0.2) is 9.18 Å². The molecule has 0 spiro atoms. The molecular formula is C24H17FO4. The fourth-order valence-corrected chi connectivity index (χ4v) is 3.15. The molecule has 0 atom stereocenters. The lowest BCUT2D eigenvalue weighted by Crippen LogP contribution is -2.11. The Balaban J connectivity index is 1.62. The molecule has 4 rings (SSSR count). The van der Waals surface area contributed by atoms with Gasteiger partial charge in [0.15, 0.2) is 5.76 Å². The molecule has 0 amide bonds. The number of hydrogen-bond acceptors (Lipinski definition) is 4. The van der Waals surface area contributed by atoms with Crippen molar-refractivity contribution in [3.05, 3.63) is 100 Å². The molecule has 0 N–H and O–H groups in total. The van der Waals surface area contributed by atoms with Crippen molar-refractivity contribution in [3.63, 3.8) is 0 Å². The molecule has 0 aliphatic carbocycles. The predicted molar refractivity (Wildman–Crippen MR) is 107 cm³/mol. The molecular weight excluding hydrogens is 371 g/mol. The normalized spacial score (nSPS) is 13.9. The first-order chi connectivity index (χ1) is 13.9. The van der Waals surface area contributed by atoms with Crippen LogP contribution < -0.4 is 9.47 Å². The number of Topliss-reactive ketones (excluding diaryl/α,β-unsaturated/α-hetero) is 1. The summed E-state index contributed by atoms with van der Waals surface area (Å²) in [5.41, 5.74) is 2.88. The summed E-state index contributed by atoms with van der Waals surface area (Å²) in [6.07, 6.45) is 1.56. The average molecular weight is 388 g/mol. The molecule has 0 radical (unpaired) electrons. The van der Waals surface area contributed by atoms with Crippen molar-refractivity contribution < 1.29 is 23.5 Å². The number of benzene rings is 3. The Hall–Kier alpha value is -3.73. The van der Waals surface area contributed by atoms with E-state index in [0.717, 1.165) is 5.56 Å². The van der Waals surface area contributed by atoms with Crippen LogP contribution in [0.5, 0.6) is 11.5 Å². The van der Waals surface area contributed by atoms with Gasteiger partial charge in [-0.05, 0) is 61.4 Å². The third kappa shape index (κ3) is 3.55. The number of rotatable bonds is 3. The van der Waals surface area contributed by atoms with E-state index >= 15 is 0 Å². The summed E-state index contributed by atoms with van der Waals surface area (Å²) in [5, 5.41) is 0. The molecule has 0 fully saturated rings. The van der Waals surface area contributed by atoms with Crippen molar-refractivity contribution in [1.82, 2.24) is 0 Å². The van der Waals surface area contributed by atoms with Crippen molar-refractivity contribution in [2.24, 2.45) is 0 Å². The molecule has 1 aliphatic heterocycles. The summed E-state index contributed by atoms with van der Waals surface area (Å²) in [5.74, 6) is -0.282. The minimum absolute atomic E-state index is 0.136. The van der Waals surface area contributed by atoms with Gasteiger partial charge in [0.1, 0.15) is 17.3 Å². The van der Waals surface area contributed by atoms with Gasteiger partial charge in [0.05, 0.1) is 11.1 Å². The lowest BCUT2D eigenvalue weighted by atomic mass is 10.1. The number of carbonyl (C=O) groups is 2. The van der Waals surface area contributed by atoms with E-state index in [9.17, 15) is 14.0 Å². The van der Waals surface area contributed by atoms with Crippen molar-refractivity contribution in [3.8, 4) is 11.5 Å². The zero-order valence-electron chi connectivity index (χ0n) is 15.9. The molecule has 1 heterocycles. The highest BCUT2D eigenvalue weighted by atomic mass is 19.1. The highest BCUT2D eigenvalue weighted by Crippen LogP contribution is 2.39. The highest BCUT2D eigenvalue weighted by molar-refractivity contribution is 6.15. The Bertz CT molecular complexity index is 1160. The van der Waals surface area contributed by atoms with Gasteiger partial charge in [-0.1, -0.05) is 30.3 Å². The van der Waals surface area contributed by atoms with Crippen LogP contribution in [0.2, 0.25) is 0 Å². The predicted octanol–water partition coefficient (Wildman–Crippen LogP) is 5.28. The van der Waals surface area contributed by atoms with Crippen LogP contribution in [0.15, 0.2) is 66.4 Å². The molecule has 0 bridgehead atoms. The van der Waals surface area contributed by atoms with Crippen LogP contribution in [0.3, 0.4) is 0 Å². The number of carbonyl (C=O) groups excluding carboxylic acids is 2. The van der Waals surface area contributed by atoms with E-state index in [4.69, 9.17) is 9.47 Å². The minimum Gasteiger partial charge on any atom is -0.452 e. The van der Waals surface area contributed by atoms with Crippen molar-refractivity contribution in [1.29, 1.82) is 0 Å². The third-order valence-corrected chi connectivity index (χ3v) is 4.77. The van der Waals surface area contributed by atoms with E-state index in [1.54, 1.807) is 49.4 Å². The smallest absolute Gasteiger partial charge is 0.343 e. The molecule has 0 aromatic heterocycles. The first kappa shape index (κ1) is 18.6. The molecule has 144 valence electrons. The highest BCUT2D eigenvalue weighted by Gasteiger charge is 2.30. The van der Waals surface area contributed by atoms with Crippen LogP contribution in [0.4, 0.5) is 4.39 Å². The number of ketones is 1. The SMILES string of the molecule is Cc1ccccc1C(=O)Oc1ccc2c(c1C)O/C(=C\c1ccc(F)cc1)C2=O. The van der Waals surface area contributed by atoms with E-state index in [1.165, 1.54) is 12.1 Å². The molecule has 0 saturated heterocycles. The summed E-state index contributed by atoms with van der Waals surface area (Å²) in [4.78, 5) is 25.2. The van der Waals surface area contributed by atoms with Gasteiger partial charge in [0, 0.05) is 5.56 Å². The Kier molecular flexibility index (Phi) is 4.72. The lowest BCUT2D eigenvalue weighted by molar-refractivity contribution is 0.0732. The van der Waals surface area contributed by atoms with Crippen LogP contribution in [0, 0.1) is 19.7 Å². The van der Waals surface area contributed by atoms with Gasteiger partial charge < -0.3 is 9.47 Å². The molecule has 0 unspecified atom stereocenters. The summed E-state index contributed by atoms with van der Waals surface area (Å²) in [6.45, 7) is 3.56. The van der Waals surface area contributed by atoms with E-state index in [0.29, 0.717) is 33.8 Å². The van der Waals surface area contributed by atoms with Crippen molar-refractivity contribution in [2.75, 3.05) is 0 Å². The third-order valence-electron chi connectivity index (χ3n) is 4.77. The molecule has 5 heteroatoms. The molecule has 29 heavy (non-hydrogen) atoms.